The van der Waals surface area contributed by atoms with Crippen molar-refractivity contribution in [1.82, 2.24) is 5.43 Å². The van der Waals surface area contributed by atoms with Gasteiger partial charge in [-0.25, -0.2) is 10.2 Å². The number of carbonyl (C=O) groups is 3. The molecule has 0 radical (unpaired) electrons. The fraction of sp³-hybridized carbons (Fsp3) is 0.182. The quantitative estimate of drug-likeness (QED) is 0.335. The van der Waals surface area contributed by atoms with Crippen LogP contribution in [-0.2, 0) is 9.59 Å². The topological polar surface area (TPSA) is 92.5 Å². The Kier molecular flexibility index (Phi) is 3.07. The zero-order valence-corrected chi connectivity index (χ0v) is 9.27. The monoisotopic (exact) mass is 251 g/mol. The van der Waals surface area contributed by atoms with Crippen LogP contribution in [0.5, 0.6) is 0 Å². The maximum atomic E-state index is 13.6. The largest absolute Gasteiger partial charge is 0.302 e. The summed E-state index contributed by atoms with van der Waals surface area (Å²) in [6.07, 6.45) is -0.108. The number of nitrogens with two attached hydrogens (primary N) is 1. The van der Waals surface area contributed by atoms with Gasteiger partial charge in [-0.15, -0.1) is 0 Å². The summed E-state index contributed by atoms with van der Waals surface area (Å²) in [5.74, 6) is 2.13. The SMILES string of the molecule is NNC(=O)CCN1C(=O)C(=O)c2cccc(F)c21. The lowest BCUT2D eigenvalue weighted by molar-refractivity contribution is -0.121. The zero-order chi connectivity index (χ0) is 13.3. The number of halogens is 1. The number of fused-ring (bicyclic) bond motifs is 1. The summed E-state index contributed by atoms with van der Waals surface area (Å²) in [6.45, 7) is -0.0957. The minimum Gasteiger partial charge on any atom is -0.302 e. The van der Waals surface area contributed by atoms with Gasteiger partial charge in [0.25, 0.3) is 11.7 Å². The highest BCUT2D eigenvalue weighted by Gasteiger charge is 2.37. The molecule has 1 aromatic rings. The molecule has 1 aromatic carbocycles. The van der Waals surface area contributed by atoms with E-state index in [-0.39, 0.29) is 24.2 Å². The number of carbonyl (C=O) groups excluding carboxylic acids is 3. The van der Waals surface area contributed by atoms with E-state index in [0.29, 0.717) is 0 Å². The molecule has 0 aliphatic carbocycles. The van der Waals surface area contributed by atoms with Gasteiger partial charge in [-0.2, -0.15) is 0 Å². The Morgan fingerprint density at radius 3 is 2.78 bits per heavy atom. The van der Waals surface area contributed by atoms with E-state index < -0.39 is 23.4 Å². The number of Topliss-reactive ketones (excluding diaryl/α,β-unsaturated/α-hetero) is 1. The minimum absolute atomic E-state index is 0.0214. The van der Waals surface area contributed by atoms with Crippen LogP contribution in [0.25, 0.3) is 0 Å². The number of anilines is 1. The number of ketones is 1. The summed E-state index contributed by atoms with van der Waals surface area (Å²) < 4.78 is 13.6. The van der Waals surface area contributed by atoms with E-state index in [2.05, 4.69) is 0 Å². The number of hydrazine groups is 1. The molecule has 0 spiro atoms. The first-order valence-corrected chi connectivity index (χ1v) is 5.20. The molecule has 2 amide bonds. The van der Waals surface area contributed by atoms with Gasteiger partial charge in [-0.05, 0) is 12.1 Å². The van der Waals surface area contributed by atoms with Crippen LogP contribution < -0.4 is 16.2 Å². The van der Waals surface area contributed by atoms with Gasteiger partial charge in [0.2, 0.25) is 5.91 Å². The maximum Gasteiger partial charge on any atom is 0.299 e. The Balaban J connectivity index is 2.31. The van der Waals surface area contributed by atoms with Crippen molar-refractivity contribution in [2.45, 2.75) is 6.42 Å². The molecule has 18 heavy (non-hydrogen) atoms. The Morgan fingerprint density at radius 2 is 2.11 bits per heavy atom. The predicted octanol–water partition coefficient (Wildman–Crippen LogP) is -0.265. The third-order valence-electron chi connectivity index (χ3n) is 2.66. The fourth-order valence-electron chi connectivity index (χ4n) is 1.81. The number of amides is 2. The van der Waals surface area contributed by atoms with E-state index in [1.165, 1.54) is 12.1 Å². The number of benzene rings is 1. The van der Waals surface area contributed by atoms with E-state index in [4.69, 9.17) is 5.84 Å². The van der Waals surface area contributed by atoms with Gasteiger partial charge in [-0.3, -0.25) is 19.8 Å². The average Bonchev–Trinajstić information content (AvgIpc) is 2.61. The van der Waals surface area contributed by atoms with Gasteiger partial charge >= 0.3 is 0 Å². The highest BCUT2D eigenvalue weighted by molar-refractivity contribution is 6.52. The lowest BCUT2D eigenvalue weighted by Gasteiger charge is -2.16. The molecule has 2 rings (SSSR count). The molecule has 3 N–H and O–H groups in total. The summed E-state index contributed by atoms with van der Waals surface area (Å²) >= 11 is 0. The van der Waals surface area contributed by atoms with Crippen LogP contribution in [0.4, 0.5) is 10.1 Å². The maximum absolute atomic E-state index is 13.6. The van der Waals surface area contributed by atoms with Crippen molar-refractivity contribution in [3.63, 3.8) is 0 Å². The molecule has 1 aliphatic heterocycles. The molecule has 0 unspecified atom stereocenters. The standard InChI is InChI=1S/C11H10FN3O3/c12-7-3-1-2-6-9(7)15(11(18)10(6)17)5-4-8(16)14-13/h1-3H,4-5,13H2,(H,14,16). The predicted molar refractivity (Wildman–Crippen MR) is 60.0 cm³/mol. The van der Waals surface area contributed by atoms with Crippen molar-refractivity contribution in [2.24, 2.45) is 5.84 Å². The Hall–Kier alpha value is -2.28. The van der Waals surface area contributed by atoms with E-state index in [1.54, 1.807) is 0 Å². The van der Waals surface area contributed by atoms with Crippen molar-refractivity contribution in [2.75, 3.05) is 11.4 Å². The first-order valence-electron chi connectivity index (χ1n) is 5.20. The Morgan fingerprint density at radius 1 is 1.39 bits per heavy atom. The van der Waals surface area contributed by atoms with Crippen LogP contribution in [0.15, 0.2) is 18.2 Å². The average molecular weight is 251 g/mol. The van der Waals surface area contributed by atoms with Gasteiger partial charge in [-0.1, -0.05) is 6.07 Å². The minimum atomic E-state index is -0.833. The van der Waals surface area contributed by atoms with Crippen molar-refractivity contribution >= 4 is 23.3 Å². The molecule has 0 fully saturated rings. The van der Waals surface area contributed by atoms with Crippen LogP contribution >= 0.6 is 0 Å². The van der Waals surface area contributed by atoms with E-state index >= 15 is 0 Å². The second-order valence-electron chi connectivity index (χ2n) is 3.74. The molecule has 7 heteroatoms. The van der Waals surface area contributed by atoms with Gasteiger partial charge < -0.3 is 4.90 Å². The lowest BCUT2D eigenvalue weighted by Crippen LogP contribution is -2.36. The molecule has 1 heterocycles. The summed E-state index contributed by atoms with van der Waals surface area (Å²) in [6, 6.07) is 3.89. The molecule has 0 saturated heterocycles. The molecule has 0 bridgehead atoms. The smallest absolute Gasteiger partial charge is 0.299 e. The molecule has 6 nitrogen and oxygen atoms in total. The molecular weight excluding hydrogens is 241 g/mol. The highest BCUT2D eigenvalue weighted by atomic mass is 19.1. The first-order chi connectivity index (χ1) is 8.56. The van der Waals surface area contributed by atoms with Crippen molar-refractivity contribution in [1.29, 1.82) is 0 Å². The van der Waals surface area contributed by atoms with E-state index in [9.17, 15) is 18.8 Å². The van der Waals surface area contributed by atoms with Crippen LogP contribution in [0.1, 0.15) is 16.8 Å². The number of para-hydroxylation sites is 1. The number of rotatable bonds is 3. The Bertz CT molecular complexity index is 544. The second kappa shape index (κ2) is 4.53. The van der Waals surface area contributed by atoms with Gasteiger partial charge in [0.05, 0.1) is 11.3 Å². The van der Waals surface area contributed by atoms with Gasteiger partial charge in [0.15, 0.2) is 0 Å². The summed E-state index contributed by atoms with van der Waals surface area (Å²) in [4.78, 5) is 35.2. The molecule has 94 valence electrons. The number of hydrogen-bond acceptors (Lipinski definition) is 4. The molecule has 0 aromatic heterocycles. The first kappa shape index (κ1) is 12.2. The number of nitrogens with one attached hydrogen (secondary N) is 1. The molecule has 0 atom stereocenters. The van der Waals surface area contributed by atoms with Gasteiger partial charge in [0, 0.05) is 13.0 Å². The highest BCUT2D eigenvalue weighted by Crippen LogP contribution is 2.31. The van der Waals surface area contributed by atoms with Crippen LogP contribution in [0, 0.1) is 5.82 Å². The summed E-state index contributed by atoms with van der Waals surface area (Å²) in [5.41, 5.74) is 1.85. The van der Waals surface area contributed by atoms with Crippen LogP contribution in [0.3, 0.4) is 0 Å². The number of nitrogens with zero attached hydrogens (tertiary/aromatic N) is 1. The lowest BCUT2D eigenvalue weighted by atomic mass is 10.1. The second-order valence-corrected chi connectivity index (χ2v) is 3.74. The van der Waals surface area contributed by atoms with Crippen LogP contribution in [0.2, 0.25) is 0 Å². The van der Waals surface area contributed by atoms with Crippen LogP contribution in [-0.4, -0.2) is 24.1 Å². The Labute approximate surface area is 102 Å². The van der Waals surface area contributed by atoms with E-state index in [1.807, 2.05) is 5.43 Å². The third-order valence-corrected chi connectivity index (χ3v) is 2.66. The van der Waals surface area contributed by atoms with E-state index in [0.717, 1.165) is 11.0 Å². The van der Waals surface area contributed by atoms with Crippen molar-refractivity contribution in [3.05, 3.63) is 29.6 Å². The molecule has 0 saturated carbocycles. The zero-order valence-electron chi connectivity index (χ0n) is 9.27. The van der Waals surface area contributed by atoms with Crippen molar-refractivity contribution in [3.8, 4) is 0 Å². The fourth-order valence-corrected chi connectivity index (χ4v) is 1.81. The molecular formula is C11H10FN3O3. The normalized spacial score (nSPS) is 13.8. The third kappa shape index (κ3) is 1.84. The number of hydrogen-bond donors (Lipinski definition) is 2. The van der Waals surface area contributed by atoms with Crippen molar-refractivity contribution < 1.29 is 18.8 Å². The summed E-state index contributed by atoms with van der Waals surface area (Å²) in [5, 5.41) is 0. The van der Waals surface area contributed by atoms with Gasteiger partial charge in [0.1, 0.15) is 5.82 Å². The summed E-state index contributed by atoms with van der Waals surface area (Å²) in [7, 11) is 0. The molecule has 1 aliphatic rings.